The first-order valence-corrected chi connectivity index (χ1v) is 8.76. The first kappa shape index (κ1) is 19.6. The van der Waals surface area contributed by atoms with E-state index in [0.29, 0.717) is 42.7 Å². The summed E-state index contributed by atoms with van der Waals surface area (Å²) in [5, 5.41) is 11.9. The van der Waals surface area contributed by atoms with Gasteiger partial charge in [0.1, 0.15) is 13.0 Å². The summed E-state index contributed by atoms with van der Waals surface area (Å²) in [6.07, 6.45) is 0.520. The van der Waals surface area contributed by atoms with Gasteiger partial charge in [0, 0.05) is 11.6 Å². The smallest absolute Gasteiger partial charge is 0.234 e. The molecule has 5 nitrogen and oxygen atoms in total. The summed E-state index contributed by atoms with van der Waals surface area (Å²) in [7, 11) is 0. The summed E-state index contributed by atoms with van der Waals surface area (Å²) in [4.78, 5) is 11.3. The van der Waals surface area contributed by atoms with Gasteiger partial charge in [-0.1, -0.05) is 29.8 Å². The van der Waals surface area contributed by atoms with Gasteiger partial charge in [-0.2, -0.15) is 5.26 Å². The molecular formula is C20H21ClN2O3. The highest BCUT2D eigenvalue weighted by molar-refractivity contribution is 6.30. The number of nitrogens with one attached hydrogen (secondary N) is 1. The number of nitrogens with zero attached hydrogens (tertiary/aromatic N) is 1. The SMILES string of the molecule is CCOc1cc(CCNC(=O)CC#N)ccc1OCc1cccc(Cl)c1. The number of benzene rings is 2. The number of rotatable bonds is 9. The summed E-state index contributed by atoms with van der Waals surface area (Å²) in [6, 6.07) is 15.0. The van der Waals surface area contributed by atoms with Crippen LogP contribution in [0.15, 0.2) is 42.5 Å². The molecule has 0 aliphatic carbocycles. The van der Waals surface area contributed by atoms with Crippen LogP contribution in [-0.4, -0.2) is 19.1 Å². The van der Waals surface area contributed by atoms with E-state index in [1.54, 1.807) is 0 Å². The van der Waals surface area contributed by atoms with Crippen LogP contribution < -0.4 is 14.8 Å². The Bertz CT molecular complexity index is 787. The molecule has 136 valence electrons. The van der Waals surface area contributed by atoms with E-state index in [9.17, 15) is 4.79 Å². The molecule has 2 aromatic rings. The van der Waals surface area contributed by atoms with Crippen molar-refractivity contribution in [3.05, 3.63) is 58.6 Å². The van der Waals surface area contributed by atoms with Gasteiger partial charge in [-0.25, -0.2) is 0 Å². The molecule has 0 radical (unpaired) electrons. The van der Waals surface area contributed by atoms with E-state index in [1.165, 1.54) is 0 Å². The molecule has 1 amide bonds. The summed E-state index contributed by atoms with van der Waals surface area (Å²) in [5.41, 5.74) is 1.99. The molecule has 1 N–H and O–H groups in total. The molecule has 0 saturated carbocycles. The number of amides is 1. The molecule has 0 spiro atoms. The number of nitriles is 1. The first-order valence-electron chi connectivity index (χ1n) is 8.39. The van der Waals surface area contributed by atoms with Crippen LogP contribution in [-0.2, 0) is 17.8 Å². The lowest BCUT2D eigenvalue weighted by Gasteiger charge is -2.14. The molecule has 0 bridgehead atoms. The Morgan fingerprint density at radius 1 is 1.15 bits per heavy atom. The highest BCUT2D eigenvalue weighted by atomic mass is 35.5. The highest BCUT2D eigenvalue weighted by Gasteiger charge is 2.08. The Labute approximate surface area is 158 Å². The monoisotopic (exact) mass is 372 g/mol. The molecule has 6 heteroatoms. The standard InChI is InChI=1S/C20H21ClN2O3/c1-2-25-19-13-15(9-11-23-20(24)8-10-22)6-7-18(19)26-14-16-4-3-5-17(21)12-16/h3-7,12-13H,2,8-9,11,14H2,1H3,(H,23,24). The van der Waals surface area contributed by atoms with Crippen LogP contribution in [0, 0.1) is 11.3 Å². The van der Waals surface area contributed by atoms with Crippen LogP contribution in [0.2, 0.25) is 5.02 Å². The summed E-state index contributed by atoms with van der Waals surface area (Å²) in [6.45, 7) is 3.30. The van der Waals surface area contributed by atoms with Crippen molar-refractivity contribution in [1.29, 1.82) is 5.26 Å². The lowest BCUT2D eigenvalue weighted by atomic mass is 10.1. The Morgan fingerprint density at radius 2 is 2.00 bits per heavy atom. The molecule has 0 unspecified atom stereocenters. The van der Waals surface area contributed by atoms with Crippen molar-refractivity contribution in [2.24, 2.45) is 0 Å². The molecule has 2 rings (SSSR count). The summed E-state index contributed by atoms with van der Waals surface area (Å²) >= 11 is 5.99. The van der Waals surface area contributed by atoms with E-state index in [0.717, 1.165) is 11.1 Å². The number of carbonyl (C=O) groups is 1. The minimum atomic E-state index is -0.265. The van der Waals surface area contributed by atoms with Gasteiger partial charge >= 0.3 is 0 Å². The maximum Gasteiger partial charge on any atom is 0.234 e. The van der Waals surface area contributed by atoms with Gasteiger partial charge in [-0.05, 0) is 48.7 Å². The fourth-order valence-corrected chi connectivity index (χ4v) is 2.58. The van der Waals surface area contributed by atoms with Crippen molar-refractivity contribution in [1.82, 2.24) is 5.32 Å². The molecule has 0 aliphatic heterocycles. The lowest BCUT2D eigenvalue weighted by molar-refractivity contribution is -0.120. The van der Waals surface area contributed by atoms with Gasteiger partial charge in [-0.3, -0.25) is 4.79 Å². The number of hydrogen-bond acceptors (Lipinski definition) is 4. The molecule has 0 heterocycles. The zero-order chi connectivity index (χ0) is 18.8. The summed E-state index contributed by atoms with van der Waals surface area (Å²) < 4.78 is 11.5. The largest absolute Gasteiger partial charge is 0.490 e. The van der Waals surface area contributed by atoms with E-state index in [2.05, 4.69) is 5.32 Å². The molecule has 0 aliphatic rings. The van der Waals surface area contributed by atoms with Crippen molar-refractivity contribution < 1.29 is 14.3 Å². The predicted octanol–water partition coefficient (Wildman–Crippen LogP) is 3.89. The van der Waals surface area contributed by atoms with E-state index in [-0.39, 0.29) is 12.3 Å². The van der Waals surface area contributed by atoms with Gasteiger partial charge in [-0.15, -0.1) is 0 Å². The maximum atomic E-state index is 11.3. The van der Waals surface area contributed by atoms with E-state index < -0.39 is 0 Å². The van der Waals surface area contributed by atoms with Gasteiger partial charge in [0.05, 0.1) is 12.7 Å². The highest BCUT2D eigenvalue weighted by Crippen LogP contribution is 2.29. The van der Waals surface area contributed by atoms with Crippen LogP contribution in [0.4, 0.5) is 0 Å². The van der Waals surface area contributed by atoms with Crippen molar-refractivity contribution in [3.8, 4) is 17.6 Å². The molecule has 0 fully saturated rings. The lowest BCUT2D eigenvalue weighted by Crippen LogP contribution is -2.24. The Kier molecular flexibility index (Phi) is 7.78. The second-order valence-electron chi connectivity index (χ2n) is 5.57. The van der Waals surface area contributed by atoms with Crippen molar-refractivity contribution in [2.75, 3.05) is 13.2 Å². The third kappa shape index (κ3) is 6.30. The van der Waals surface area contributed by atoms with Gasteiger partial charge < -0.3 is 14.8 Å². The third-order valence-corrected chi connectivity index (χ3v) is 3.80. The fourth-order valence-electron chi connectivity index (χ4n) is 2.36. The minimum Gasteiger partial charge on any atom is -0.490 e. The molecule has 2 aromatic carbocycles. The topological polar surface area (TPSA) is 71.3 Å². The molecule has 0 aromatic heterocycles. The maximum absolute atomic E-state index is 11.3. The van der Waals surface area contributed by atoms with Crippen LogP contribution >= 0.6 is 11.6 Å². The normalized spacial score (nSPS) is 10.0. The average Bonchev–Trinajstić information content (AvgIpc) is 2.62. The van der Waals surface area contributed by atoms with Gasteiger partial charge in [0.2, 0.25) is 5.91 Å². The second-order valence-corrected chi connectivity index (χ2v) is 6.00. The molecule has 0 saturated heterocycles. The third-order valence-electron chi connectivity index (χ3n) is 3.57. The minimum absolute atomic E-state index is 0.125. The number of ether oxygens (including phenoxy) is 2. The second kappa shape index (κ2) is 10.3. The molecule has 0 atom stereocenters. The number of halogens is 1. The van der Waals surface area contributed by atoms with Gasteiger partial charge in [0.25, 0.3) is 0 Å². The zero-order valence-electron chi connectivity index (χ0n) is 14.6. The van der Waals surface area contributed by atoms with Crippen LogP contribution in [0.5, 0.6) is 11.5 Å². The summed E-state index contributed by atoms with van der Waals surface area (Å²) in [5.74, 6) is 1.05. The van der Waals surface area contributed by atoms with Crippen molar-refractivity contribution in [3.63, 3.8) is 0 Å². The van der Waals surface area contributed by atoms with Crippen molar-refractivity contribution in [2.45, 2.75) is 26.4 Å². The molecule has 26 heavy (non-hydrogen) atoms. The van der Waals surface area contributed by atoms with Crippen LogP contribution in [0.25, 0.3) is 0 Å². The Balaban J connectivity index is 1.98. The molecular weight excluding hydrogens is 352 g/mol. The first-order chi connectivity index (χ1) is 12.6. The van der Waals surface area contributed by atoms with E-state index >= 15 is 0 Å². The van der Waals surface area contributed by atoms with Crippen LogP contribution in [0.3, 0.4) is 0 Å². The Hall–Kier alpha value is -2.71. The van der Waals surface area contributed by atoms with Gasteiger partial charge in [0.15, 0.2) is 11.5 Å². The number of hydrogen-bond donors (Lipinski definition) is 1. The zero-order valence-corrected chi connectivity index (χ0v) is 15.4. The van der Waals surface area contributed by atoms with E-state index in [1.807, 2.05) is 55.5 Å². The van der Waals surface area contributed by atoms with E-state index in [4.69, 9.17) is 26.3 Å². The van der Waals surface area contributed by atoms with Crippen molar-refractivity contribution >= 4 is 17.5 Å². The average molecular weight is 373 g/mol. The fraction of sp³-hybridized carbons (Fsp3) is 0.300. The van der Waals surface area contributed by atoms with Crippen LogP contribution in [0.1, 0.15) is 24.5 Å². The predicted molar refractivity (Wildman–Crippen MR) is 100 cm³/mol. The Morgan fingerprint density at radius 3 is 2.73 bits per heavy atom. The number of carbonyl (C=O) groups excluding carboxylic acids is 1. The quantitative estimate of drug-likeness (QED) is 0.724.